The Hall–Kier alpha value is -3.42. The van der Waals surface area contributed by atoms with Crippen molar-refractivity contribution in [3.05, 3.63) is 36.7 Å². The van der Waals surface area contributed by atoms with Gasteiger partial charge in [0.25, 0.3) is 0 Å². The van der Waals surface area contributed by atoms with Gasteiger partial charge in [-0.2, -0.15) is 0 Å². The van der Waals surface area contributed by atoms with E-state index in [1.165, 1.54) is 6.33 Å². The van der Waals surface area contributed by atoms with Crippen LogP contribution in [0.15, 0.2) is 36.7 Å². The number of methoxy groups -OCH3 is 3. The van der Waals surface area contributed by atoms with Gasteiger partial charge in [-0.3, -0.25) is 0 Å². The van der Waals surface area contributed by atoms with Crippen LogP contribution in [-0.4, -0.2) is 57.6 Å². The first-order valence-corrected chi connectivity index (χ1v) is 9.19. The van der Waals surface area contributed by atoms with E-state index < -0.39 is 0 Å². The summed E-state index contributed by atoms with van der Waals surface area (Å²) in [5.74, 6) is 3.79. The van der Waals surface area contributed by atoms with Crippen molar-refractivity contribution in [1.82, 2.24) is 9.97 Å². The molecule has 0 N–H and O–H groups in total. The maximum atomic E-state index is 6.08. The molecule has 0 saturated carbocycles. The SMILES string of the molecule is COc1cc2c(N(C)CC3COc4ccccc4O3)ncnc2c(OC)c1OC. The number of hydrogen-bond acceptors (Lipinski definition) is 8. The fourth-order valence-electron chi connectivity index (χ4n) is 3.50. The molecule has 0 saturated heterocycles. The lowest BCUT2D eigenvalue weighted by molar-refractivity contribution is 0.0960. The van der Waals surface area contributed by atoms with Gasteiger partial charge in [0, 0.05) is 7.05 Å². The molecule has 0 amide bonds. The molecule has 2 heterocycles. The van der Waals surface area contributed by atoms with Gasteiger partial charge in [-0.25, -0.2) is 9.97 Å². The van der Waals surface area contributed by atoms with Crippen molar-refractivity contribution in [2.45, 2.75) is 6.10 Å². The molecule has 0 bridgehead atoms. The number of fused-ring (bicyclic) bond motifs is 2. The highest BCUT2D eigenvalue weighted by atomic mass is 16.6. The number of para-hydroxylation sites is 2. The second kappa shape index (κ2) is 7.90. The highest BCUT2D eigenvalue weighted by Gasteiger charge is 2.25. The van der Waals surface area contributed by atoms with Crippen molar-refractivity contribution in [1.29, 1.82) is 0 Å². The van der Waals surface area contributed by atoms with Crippen LogP contribution in [0.2, 0.25) is 0 Å². The molecule has 0 aliphatic carbocycles. The van der Waals surface area contributed by atoms with E-state index in [1.807, 2.05) is 42.3 Å². The first-order chi connectivity index (χ1) is 14.2. The van der Waals surface area contributed by atoms with Gasteiger partial charge in [-0.1, -0.05) is 12.1 Å². The first-order valence-electron chi connectivity index (χ1n) is 9.19. The summed E-state index contributed by atoms with van der Waals surface area (Å²) in [4.78, 5) is 10.9. The van der Waals surface area contributed by atoms with Crippen molar-refractivity contribution in [2.24, 2.45) is 0 Å². The predicted octanol–water partition coefficient (Wildman–Crippen LogP) is 2.93. The minimum Gasteiger partial charge on any atom is -0.493 e. The van der Waals surface area contributed by atoms with E-state index in [4.69, 9.17) is 23.7 Å². The number of benzene rings is 2. The lowest BCUT2D eigenvalue weighted by Gasteiger charge is -2.30. The highest BCUT2D eigenvalue weighted by molar-refractivity contribution is 5.97. The number of hydrogen-bond donors (Lipinski definition) is 0. The third-order valence-corrected chi connectivity index (χ3v) is 4.82. The molecule has 0 radical (unpaired) electrons. The smallest absolute Gasteiger partial charge is 0.205 e. The standard InChI is InChI=1S/C21H23N3O5/c1-24(10-13-11-28-15-7-5-6-8-16(15)29-13)21-14-9-17(25-2)19(26-3)20(27-4)18(14)22-12-23-21/h5-9,12-13H,10-11H2,1-4H3. The molecule has 1 aliphatic rings. The van der Waals surface area contributed by atoms with E-state index >= 15 is 0 Å². The Morgan fingerprint density at radius 2 is 1.79 bits per heavy atom. The summed E-state index contributed by atoms with van der Waals surface area (Å²) in [6.45, 7) is 1.04. The topological polar surface area (TPSA) is 75.2 Å². The lowest BCUT2D eigenvalue weighted by Crippen LogP contribution is -2.39. The van der Waals surface area contributed by atoms with Gasteiger partial charge in [0.1, 0.15) is 24.3 Å². The van der Waals surface area contributed by atoms with Crippen molar-refractivity contribution < 1.29 is 23.7 Å². The molecular formula is C21H23N3O5. The monoisotopic (exact) mass is 397 g/mol. The van der Waals surface area contributed by atoms with Gasteiger partial charge in [-0.05, 0) is 18.2 Å². The molecular weight excluding hydrogens is 374 g/mol. The Labute approximate surface area is 168 Å². The number of ether oxygens (including phenoxy) is 5. The Bertz CT molecular complexity index is 1030. The van der Waals surface area contributed by atoms with E-state index in [9.17, 15) is 0 Å². The molecule has 1 aliphatic heterocycles. The third-order valence-electron chi connectivity index (χ3n) is 4.82. The summed E-state index contributed by atoms with van der Waals surface area (Å²) in [7, 11) is 6.68. The van der Waals surface area contributed by atoms with Gasteiger partial charge < -0.3 is 28.6 Å². The number of nitrogens with zero attached hydrogens (tertiary/aromatic N) is 3. The van der Waals surface area contributed by atoms with Crippen LogP contribution in [0.4, 0.5) is 5.82 Å². The van der Waals surface area contributed by atoms with Crippen LogP contribution >= 0.6 is 0 Å². The minimum atomic E-state index is -0.137. The number of rotatable bonds is 6. The molecule has 0 fully saturated rings. The average Bonchev–Trinajstić information content (AvgIpc) is 2.76. The van der Waals surface area contributed by atoms with Crippen molar-refractivity contribution in [3.63, 3.8) is 0 Å². The summed E-state index contributed by atoms with van der Waals surface area (Å²) < 4.78 is 28.4. The van der Waals surface area contributed by atoms with Gasteiger partial charge in [0.2, 0.25) is 5.75 Å². The Kier molecular flexibility index (Phi) is 5.16. The van der Waals surface area contributed by atoms with Gasteiger partial charge in [0.05, 0.1) is 33.3 Å². The van der Waals surface area contributed by atoms with Gasteiger partial charge in [-0.15, -0.1) is 0 Å². The molecule has 152 valence electrons. The molecule has 29 heavy (non-hydrogen) atoms. The van der Waals surface area contributed by atoms with E-state index in [-0.39, 0.29) is 6.10 Å². The second-order valence-electron chi connectivity index (χ2n) is 6.62. The predicted molar refractivity (Wildman–Crippen MR) is 109 cm³/mol. The molecule has 1 aromatic heterocycles. The van der Waals surface area contributed by atoms with Crippen LogP contribution in [0.25, 0.3) is 10.9 Å². The normalized spacial score (nSPS) is 15.1. The molecule has 8 nitrogen and oxygen atoms in total. The number of anilines is 1. The fourth-order valence-corrected chi connectivity index (χ4v) is 3.50. The van der Waals surface area contributed by atoms with Crippen LogP contribution in [-0.2, 0) is 0 Å². The molecule has 1 atom stereocenters. The summed E-state index contributed by atoms with van der Waals surface area (Å²) in [6.07, 6.45) is 1.37. The van der Waals surface area contributed by atoms with E-state index in [1.54, 1.807) is 21.3 Å². The summed E-state index contributed by atoms with van der Waals surface area (Å²) in [5.41, 5.74) is 0.646. The number of likely N-dealkylation sites (N-methyl/N-ethyl adjacent to an activating group) is 1. The van der Waals surface area contributed by atoms with Gasteiger partial charge in [0.15, 0.2) is 29.1 Å². The zero-order chi connectivity index (χ0) is 20.4. The maximum Gasteiger partial charge on any atom is 0.205 e. The summed E-state index contributed by atoms with van der Waals surface area (Å²) in [5, 5.41) is 0.793. The zero-order valence-electron chi connectivity index (χ0n) is 16.8. The fraction of sp³-hybridized carbons (Fsp3) is 0.333. The van der Waals surface area contributed by atoms with Crippen LogP contribution < -0.4 is 28.6 Å². The number of aromatic nitrogens is 2. The van der Waals surface area contributed by atoms with Crippen LogP contribution in [0.3, 0.4) is 0 Å². The van der Waals surface area contributed by atoms with Crippen LogP contribution in [0, 0.1) is 0 Å². The molecule has 2 aromatic carbocycles. The maximum absolute atomic E-state index is 6.08. The van der Waals surface area contributed by atoms with E-state index in [2.05, 4.69) is 9.97 Å². The van der Waals surface area contributed by atoms with Crippen LogP contribution in [0.5, 0.6) is 28.7 Å². The van der Waals surface area contributed by atoms with Crippen LogP contribution in [0.1, 0.15) is 0 Å². The zero-order valence-corrected chi connectivity index (χ0v) is 16.8. The molecule has 8 heteroatoms. The summed E-state index contributed by atoms with van der Waals surface area (Å²) >= 11 is 0. The largest absolute Gasteiger partial charge is 0.493 e. The third kappa shape index (κ3) is 3.41. The Morgan fingerprint density at radius 1 is 1.03 bits per heavy atom. The molecule has 1 unspecified atom stereocenters. The second-order valence-corrected chi connectivity index (χ2v) is 6.62. The van der Waals surface area contributed by atoms with Crippen molar-refractivity contribution >= 4 is 16.7 Å². The van der Waals surface area contributed by atoms with E-state index in [0.29, 0.717) is 35.9 Å². The Balaban J connectivity index is 1.67. The van der Waals surface area contributed by atoms with E-state index in [0.717, 1.165) is 22.7 Å². The highest BCUT2D eigenvalue weighted by Crippen LogP contribution is 2.44. The van der Waals surface area contributed by atoms with Crippen molar-refractivity contribution in [2.75, 3.05) is 46.4 Å². The average molecular weight is 397 g/mol. The molecule has 4 rings (SSSR count). The van der Waals surface area contributed by atoms with Crippen molar-refractivity contribution in [3.8, 4) is 28.7 Å². The Morgan fingerprint density at radius 3 is 2.52 bits per heavy atom. The van der Waals surface area contributed by atoms with Gasteiger partial charge >= 0.3 is 0 Å². The molecule has 0 spiro atoms. The summed E-state index contributed by atoms with van der Waals surface area (Å²) in [6, 6.07) is 9.52. The quantitative estimate of drug-likeness (QED) is 0.629. The minimum absolute atomic E-state index is 0.137. The molecule has 3 aromatic rings. The first kappa shape index (κ1) is 18.9. The lowest BCUT2D eigenvalue weighted by atomic mass is 10.1.